The maximum atomic E-state index is 13.8. The third kappa shape index (κ3) is 4.16. The Morgan fingerprint density at radius 1 is 1.08 bits per heavy atom. The minimum absolute atomic E-state index is 0.156. The van der Waals surface area contributed by atoms with Crippen molar-refractivity contribution in [2.45, 2.75) is 12.1 Å². The van der Waals surface area contributed by atoms with E-state index in [4.69, 9.17) is 0 Å². The van der Waals surface area contributed by atoms with Gasteiger partial charge in [-0.05, 0) is 12.1 Å². The number of carbonyl (C=O) groups is 2. The first-order valence-corrected chi connectivity index (χ1v) is 7.11. The van der Waals surface area contributed by atoms with E-state index in [0.29, 0.717) is 12.1 Å². The van der Waals surface area contributed by atoms with Crippen molar-refractivity contribution >= 4 is 11.9 Å². The monoisotopic (exact) mass is 353 g/mol. The second kappa shape index (κ2) is 7.80. The molecule has 0 aromatic heterocycles. The summed E-state index contributed by atoms with van der Waals surface area (Å²) in [6, 6.07) is 6.59. The van der Waals surface area contributed by atoms with Crippen LogP contribution in [0.1, 0.15) is 22.0 Å². The van der Waals surface area contributed by atoms with E-state index >= 15 is 0 Å². The van der Waals surface area contributed by atoms with Gasteiger partial charge in [0, 0.05) is 17.7 Å². The van der Waals surface area contributed by atoms with Gasteiger partial charge in [0.1, 0.15) is 23.6 Å². The highest BCUT2D eigenvalue weighted by molar-refractivity contribution is 5.96. The highest BCUT2D eigenvalue weighted by Gasteiger charge is 2.34. The molecule has 0 unspecified atom stereocenters. The lowest BCUT2D eigenvalue weighted by Crippen LogP contribution is -2.46. The van der Waals surface area contributed by atoms with Gasteiger partial charge in [-0.3, -0.25) is 4.79 Å². The molecule has 0 saturated heterocycles. The van der Waals surface area contributed by atoms with Crippen molar-refractivity contribution in [3.8, 4) is 0 Å². The summed E-state index contributed by atoms with van der Waals surface area (Å²) in [5, 5.41) is 12.4. The van der Waals surface area contributed by atoms with Crippen LogP contribution in [-0.4, -0.2) is 30.1 Å². The molecule has 0 heterocycles. The van der Waals surface area contributed by atoms with Gasteiger partial charge in [-0.25, -0.2) is 18.0 Å². The Kier molecular flexibility index (Phi) is 5.76. The number of nitrogens with one attached hydrogen (secondary N) is 1. The first-order chi connectivity index (χ1) is 11.8. The Labute approximate surface area is 141 Å². The third-order valence-electron chi connectivity index (χ3n) is 3.43. The van der Waals surface area contributed by atoms with Gasteiger partial charge in [-0.1, -0.05) is 18.2 Å². The summed E-state index contributed by atoms with van der Waals surface area (Å²) in [5.41, 5.74) is -0.797. The summed E-state index contributed by atoms with van der Waals surface area (Å²) < 4.78 is 45.2. The second-order valence-electron chi connectivity index (χ2n) is 5.07. The van der Waals surface area contributed by atoms with Crippen molar-refractivity contribution in [3.05, 3.63) is 71.0 Å². The lowest BCUT2D eigenvalue weighted by Gasteiger charge is -2.23. The molecular weight excluding hydrogens is 339 g/mol. The van der Waals surface area contributed by atoms with E-state index in [9.17, 15) is 27.9 Å². The van der Waals surface area contributed by atoms with E-state index in [1.54, 1.807) is 18.2 Å². The molecule has 8 heteroatoms. The number of aliphatic hydroxyl groups is 1. The predicted octanol–water partition coefficient (Wildman–Crippen LogP) is 2.11. The molecule has 0 saturated carbocycles. The fraction of sp³-hybridized carbons (Fsp3) is 0.176. The Morgan fingerprint density at radius 2 is 1.64 bits per heavy atom. The van der Waals surface area contributed by atoms with Crippen LogP contribution in [0.3, 0.4) is 0 Å². The fourth-order valence-electron chi connectivity index (χ4n) is 2.21. The molecule has 2 atom stereocenters. The first kappa shape index (κ1) is 18.5. The topological polar surface area (TPSA) is 75.6 Å². The molecule has 0 aliphatic heterocycles. The molecule has 0 aliphatic carbocycles. The van der Waals surface area contributed by atoms with Gasteiger partial charge in [0.05, 0.1) is 12.7 Å². The Balaban J connectivity index is 2.35. The van der Waals surface area contributed by atoms with E-state index < -0.39 is 47.0 Å². The van der Waals surface area contributed by atoms with Crippen molar-refractivity contribution in [3.63, 3.8) is 0 Å². The second-order valence-corrected chi connectivity index (χ2v) is 5.07. The van der Waals surface area contributed by atoms with Gasteiger partial charge < -0.3 is 15.2 Å². The van der Waals surface area contributed by atoms with E-state index in [0.717, 1.165) is 7.11 Å². The average Bonchev–Trinajstić information content (AvgIpc) is 2.58. The molecular formula is C17H14F3NO4. The number of ether oxygens (including phenoxy) is 1. The molecule has 2 rings (SSSR count). The minimum Gasteiger partial charge on any atom is -0.467 e. The Bertz CT molecular complexity index is 760. The molecule has 2 N–H and O–H groups in total. The SMILES string of the molecule is COC(=O)[C@@H](NC(=O)c1ccccc1)[C@H](O)c1c(F)cc(F)cc1F. The standard InChI is InChI=1S/C17H14F3NO4/c1-25-17(24)14(21-16(23)9-5-3-2-4-6-9)15(22)13-11(19)7-10(18)8-12(13)20/h2-8,14-15,22H,1H3,(H,21,23)/t14-,15+/m0/s1. The number of carbonyl (C=O) groups excluding carboxylic acids is 2. The van der Waals surface area contributed by atoms with E-state index in [1.807, 2.05) is 0 Å². The molecule has 5 nitrogen and oxygen atoms in total. The molecule has 2 aromatic carbocycles. The quantitative estimate of drug-likeness (QED) is 0.808. The summed E-state index contributed by atoms with van der Waals surface area (Å²) in [4.78, 5) is 24.0. The largest absolute Gasteiger partial charge is 0.467 e. The van der Waals surface area contributed by atoms with Gasteiger partial charge >= 0.3 is 5.97 Å². The fourth-order valence-corrected chi connectivity index (χ4v) is 2.21. The molecule has 0 radical (unpaired) electrons. The predicted molar refractivity (Wildman–Crippen MR) is 81.0 cm³/mol. The van der Waals surface area contributed by atoms with Crippen molar-refractivity contribution in [2.75, 3.05) is 7.11 Å². The Hall–Kier alpha value is -2.87. The number of methoxy groups -OCH3 is 1. The van der Waals surface area contributed by atoms with Crippen LogP contribution in [-0.2, 0) is 9.53 Å². The molecule has 0 aliphatic rings. The van der Waals surface area contributed by atoms with E-state index in [2.05, 4.69) is 10.1 Å². The number of hydrogen-bond donors (Lipinski definition) is 2. The van der Waals surface area contributed by atoms with Gasteiger partial charge in [0.2, 0.25) is 0 Å². The lowest BCUT2D eigenvalue weighted by molar-refractivity contribution is -0.146. The Morgan fingerprint density at radius 3 is 2.16 bits per heavy atom. The van der Waals surface area contributed by atoms with Crippen LogP contribution in [0, 0.1) is 17.5 Å². The lowest BCUT2D eigenvalue weighted by atomic mass is 10.00. The van der Waals surface area contributed by atoms with E-state index in [-0.39, 0.29) is 5.56 Å². The summed E-state index contributed by atoms with van der Waals surface area (Å²) >= 11 is 0. The summed E-state index contributed by atoms with van der Waals surface area (Å²) in [6.07, 6.45) is -2.12. The highest BCUT2D eigenvalue weighted by atomic mass is 19.1. The summed E-state index contributed by atoms with van der Waals surface area (Å²) in [7, 11) is 0.980. The van der Waals surface area contributed by atoms with Gasteiger partial charge in [-0.2, -0.15) is 0 Å². The van der Waals surface area contributed by atoms with Crippen LogP contribution in [0.15, 0.2) is 42.5 Å². The van der Waals surface area contributed by atoms with Crippen molar-refractivity contribution in [2.24, 2.45) is 0 Å². The summed E-state index contributed by atoms with van der Waals surface area (Å²) in [5.74, 6) is -5.87. The van der Waals surface area contributed by atoms with Crippen LogP contribution in [0.4, 0.5) is 13.2 Å². The van der Waals surface area contributed by atoms with Crippen LogP contribution >= 0.6 is 0 Å². The first-order valence-electron chi connectivity index (χ1n) is 7.11. The van der Waals surface area contributed by atoms with Crippen molar-refractivity contribution < 1.29 is 32.6 Å². The summed E-state index contributed by atoms with van der Waals surface area (Å²) in [6.45, 7) is 0. The molecule has 2 aromatic rings. The number of hydrogen-bond acceptors (Lipinski definition) is 4. The average molecular weight is 353 g/mol. The third-order valence-corrected chi connectivity index (χ3v) is 3.43. The van der Waals surface area contributed by atoms with Crippen LogP contribution < -0.4 is 5.32 Å². The minimum atomic E-state index is -2.12. The van der Waals surface area contributed by atoms with Gasteiger partial charge in [-0.15, -0.1) is 0 Å². The zero-order chi connectivity index (χ0) is 18.6. The number of esters is 1. The van der Waals surface area contributed by atoms with Crippen LogP contribution in [0.2, 0.25) is 0 Å². The molecule has 132 valence electrons. The number of benzene rings is 2. The molecule has 1 amide bonds. The zero-order valence-corrected chi connectivity index (χ0v) is 13.0. The smallest absolute Gasteiger partial charge is 0.331 e. The van der Waals surface area contributed by atoms with Crippen molar-refractivity contribution in [1.29, 1.82) is 0 Å². The zero-order valence-electron chi connectivity index (χ0n) is 13.0. The number of aliphatic hydroxyl groups excluding tert-OH is 1. The normalized spacial score (nSPS) is 13.0. The van der Waals surface area contributed by atoms with Gasteiger partial charge in [0.25, 0.3) is 5.91 Å². The number of rotatable bonds is 5. The van der Waals surface area contributed by atoms with E-state index in [1.165, 1.54) is 12.1 Å². The number of halogens is 3. The molecule has 0 bridgehead atoms. The maximum Gasteiger partial charge on any atom is 0.331 e. The molecule has 0 spiro atoms. The van der Waals surface area contributed by atoms with Gasteiger partial charge in [0.15, 0.2) is 6.04 Å². The maximum absolute atomic E-state index is 13.8. The van der Waals surface area contributed by atoms with Crippen LogP contribution in [0.5, 0.6) is 0 Å². The van der Waals surface area contributed by atoms with Crippen LogP contribution in [0.25, 0.3) is 0 Å². The molecule has 0 fully saturated rings. The number of amides is 1. The molecule has 25 heavy (non-hydrogen) atoms. The van der Waals surface area contributed by atoms with Crippen molar-refractivity contribution in [1.82, 2.24) is 5.32 Å². The highest BCUT2D eigenvalue weighted by Crippen LogP contribution is 2.25.